The van der Waals surface area contributed by atoms with E-state index in [-0.39, 0.29) is 24.4 Å². The van der Waals surface area contributed by atoms with Gasteiger partial charge in [0.15, 0.2) is 0 Å². The first kappa shape index (κ1) is 26.5. The maximum Gasteiger partial charge on any atom is 0.407 e. The van der Waals surface area contributed by atoms with Crippen LogP contribution >= 0.6 is 0 Å². The highest BCUT2D eigenvalue weighted by Gasteiger charge is 2.43. The molecule has 2 aromatic rings. The zero-order valence-electron chi connectivity index (χ0n) is 22.2. The Bertz CT molecular complexity index is 1160. The molecule has 1 heterocycles. The zero-order valence-corrected chi connectivity index (χ0v) is 22.2. The molecule has 3 amide bonds. The van der Waals surface area contributed by atoms with E-state index in [1.54, 1.807) is 0 Å². The molecule has 2 atom stereocenters. The predicted molar refractivity (Wildman–Crippen MR) is 142 cm³/mol. The molecule has 0 saturated carbocycles. The van der Waals surface area contributed by atoms with Crippen LogP contribution in [0.15, 0.2) is 60.4 Å². The highest BCUT2D eigenvalue weighted by atomic mass is 16.5. The van der Waals surface area contributed by atoms with Gasteiger partial charge in [-0.15, -0.1) is 0 Å². The Balaban J connectivity index is 1.48. The standard InChI is InChI=1S/C30H36N2O5/c1-6-36-26-16-27(33)32(28(26)19(4)5)29(34)25(15-18(2)3)31-30(35)37-17-24-22-13-9-7-11-20(22)21-12-8-10-14-23(21)24/h7-14,16,18-19,24-25,28H,6,15,17H2,1-5H3,(H,31,35)/t25-,28-/m0/s1. The van der Waals surface area contributed by atoms with Gasteiger partial charge >= 0.3 is 6.09 Å². The third kappa shape index (κ3) is 5.41. The van der Waals surface area contributed by atoms with Gasteiger partial charge in [-0.05, 0) is 47.4 Å². The topological polar surface area (TPSA) is 84.9 Å². The van der Waals surface area contributed by atoms with E-state index in [1.807, 2.05) is 58.9 Å². The van der Waals surface area contributed by atoms with Gasteiger partial charge in [0, 0.05) is 12.0 Å². The molecule has 1 N–H and O–H groups in total. The number of rotatable bonds is 9. The van der Waals surface area contributed by atoms with Crippen LogP contribution in [0.2, 0.25) is 0 Å². The third-order valence-corrected chi connectivity index (χ3v) is 6.89. The number of carbonyl (C=O) groups excluding carboxylic acids is 3. The van der Waals surface area contributed by atoms with E-state index in [4.69, 9.17) is 9.47 Å². The minimum Gasteiger partial charge on any atom is -0.496 e. The van der Waals surface area contributed by atoms with Gasteiger partial charge in [0.2, 0.25) is 0 Å². The Morgan fingerprint density at radius 3 is 2.11 bits per heavy atom. The number of amides is 3. The number of benzene rings is 2. The zero-order chi connectivity index (χ0) is 26.7. The normalized spacial score (nSPS) is 17.5. The second-order valence-corrected chi connectivity index (χ2v) is 10.4. The summed E-state index contributed by atoms with van der Waals surface area (Å²) in [6, 6.07) is 14.8. The Kier molecular flexibility index (Phi) is 8.00. The second-order valence-electron chi connectivity index (χ2n) is 10.4. The summed E-state index contributed by atoms with van der Waals surface area (Å²) in [4.78, 5) is 40.7. The SMILES string of the molecule is CCOC1=CC(=O)N(C(=O)[C@H](CC(C)C)NC(=O)OCC2c3ccccc3-c3ccccc32)[C@H]1C(C)C. The first-order chi connectivity index (χ1) is 17.7. The van der Waals surface area contributed by atoms with Crippen molar-refractivity contribution in [3.8, 4) is 11.1 Å². The smallest absolute Gasteiger partial charge is 0.407 e. The maximum absolute atomic E-state index is 13.6. The molecular weight excluding hydrogens is 468 g/mol. The van der Waals surface area contributed by atoms with Crippen molar-refractivity contribution in [3.05, 3.63) is 71.5 Å². The molecule has 0 radical (unpaired) electrons. The van der Waals surface area contributed by atoms with Crippen molar-refractivity contribution >= 4 is 17.9 Å². The van der Waals surface area contributed by atoms with Crippen molar-refractivity contribution in [2.45, 2.75) is 59.0 Å². The average Bonchev–Trinajstić information content (AvgIpc) is 3.36. The second kappa shape index (κ2) is 11.2. The first-order valence-electron chi connectivity index (χ1n) is 13.1. The van der Waals surface area contributed by atoms with Crippen LogP contribution in [0, 0.1) is 11.8 Å². The van der Waals surface area contributed by atoms with Gasteiger partial charge in [0.05, 0.1) is 12.6 Å². The summed E-state index contributed by atoms with van der Waals surface area (Å²) >= 11 is 0. The van der Waals surface area contributed by atoms with Crippen molar-refractivity contribution in [2.75, 3.05) is 13.2 Å². The van der Waals surface area contributed by atoms with Crippen LogP contribution in [0.25, 0.3) is 11.1 Å². The fourth-order valence-electron chi connectivity index (χ4n) is 5.35. The van der Waals surface area contributed by atoms with Crippen LogP contribution in [-0.4, -0.2) is 48.1 Å². The largest absolute Gasteiger partial charge is 0.496 e. The number of nitrogens with zero attached hydrogens (tertiary/aromatic N) is 1. The quantitative estimate of drug-likeness (QED) is 0.504. The van der Waals surface area contributed by atoms with Crippen LogP contribution in [0.4, 0.5) is 4.79 Å². The summed E-state index contributed by atoms with van der Waals surface area (Å²) < 4.78 is 11.3. The summed E-state index contributed by atoms with van der Waals surface area (Å²) in [7, 11) is 0. The Hall–Kier alpha value is -3.61. The number of imide groups is 1. The van der Waals surface area contributed by atoms with Gasteiger partial charge in [0.1, 0.15) is 18.4 Å². The van der Waals surface area contributed by atoms with E-state index in [0.29, 0.717) is 18.8 Å². The number of carbonyl (C=O) groups is 3. The molecule has 1 aliphatic carbocycles. The lowest BCUT2D eigenvalue weighted by Crippen LogP contribution is -2.54. The summed E-state index contributed by atoms with van der Waals surface area (Å²) in [5.41, 5.74) is 4.52. The Labute approximate surface area is 218 Å². The molecule has 0 saturated heterocycles. The lowest BCUT2D eigenvalue weighted by molar-refractivity contribution is -0.145. The van der Waals surface area contributed by atoms with Crippen LogP contribution in [0.5, 0.6) is 0 Å². The van der Waals surface area contributed by atoms with Crippen molar-refractivity contribution < 1.29 is 23.9 Å². The molecule has 7 nitrogen and oxygen atoms in total. The number of hydrogen-bond donors (Lipinski definition) is 1. The number of hydrogen-bond acceptors (Lipinski definition) is 5. The van der Waals surface area contributed by atoms with Gasteiger partial charge in [-0.25, -0.2) is 4.79 Å². The average molecular weight is 505 g/mol. The summed E-state index contributed by atoms with van der Waals surface area (Å²) in [6.45, 7) is 10.2. The lowest BCUT2D eigenvalue weighted by Gasteiger charge is -2.31. The molecule has 37 heavy (non-hydrogen) atoms. The summed E-state index contributed by atoms with van der Waals surface area (Å²) in [5.74, 6) is -0.395. The molecule has 0 bridgehead atoms. The Morgan fingerprint density at radius 1 is 0.973 bits per heavy atom. The third-order valence-electron chi connectivity index (χ3n) is 6.89. The molecule has 2 aliphatic rings. The molecule has 7 heteroatoms. The highest BCUT2D eigenvalue weighted by Crippen LogP contribution is 2.44. The van der Waals surface area contributed by atoms with Gasteiger partial charge in [-0.1, -0.05) is 76.2 Å². The van der Waals surface area contributed by atoms with E-state index in [2.05, 4.69) is 29.6 Å². The molecule has 1 aliphatic heterocycles. The van der Waals surface area contributed by atoms with Crippen molar-refractivity contribution in [1.29, 1.82) is 0 Å². The fourth-order valence-corrected chi connectivity index (χ4v) is 5.35. The van der Waals surface area contributed by atoms with E-state index in [0.717, 1.165) is 22.3 Å². The van der Waals surface area contributed by atoms with E-state index >= 15 is 0 Å². The van der Waals surface area contributed by atoms with Gasteiger partial charge in [-0.3, -0.25) is 14.5 Å². The monoisotopic (exact) mass is 504 g/mol. The molecule has 0 spiro atoms. The van der Waals surface area contributed by atoms with Gasteiger partial charge < -0.3 is 14.8 Å². The predicted octanol–water partition coefficient (Wildman–Crippen LogP) is 5.25. The first-order valence-corrected chi connectivity index (χ1v) is 13.1. The van der Waals surface area contributed by atoms with Crippen LogP contribution in [-0.2, 0) is 19.1 Å². The number of nitrogens with one attached hydrogen (secondary N) is 1. The van der Waals surface area contributed by atoms with Crippen molar-refractivity contribution in [3.63, 3.8) is 0 Å². The molecule has 2 aromatic carbocycles. The van der Waals surface area contributed by atoms with E-state index < -0.39 is 30.0 Å². The van der Waals surface area contributed by atoms with Gasteiger partial charge in [0.25, 0.3) is 11.8 Å². The van der Waals surface area contributed by atoms with Crippen molar-refractivity contribution in [2.24, 2.45) is 11.8 Å². The maximum atomic E-state index is 13.6. The summed E-state index contributed by atoms with van der Waals surface area (Å²) in [6.07, 6.45) is 1.08. The molecule has 4 rings (SSSR count). The van der Waals surface area contributed by atoms with Crippen LogP contribution in [0.1, 0.15) is 58.1 Å². The summed E-state index contributed by atoms with van der Waals surface area (Å²) in [5, 5.41) is 2.76. The molecule has 196 valence electrons. The minimum atomic E-state index is -0.893. The number of fused-ring (bicyclic) bond motifs is 3. The molecule has 0 aromatic heterocycles. The van der Waals surface area contributed by atoms with Crippen LogP contribution in [0.3, 0.4) is 0 Å². The number of ether oxygens (including phenoxy) is 2. The minimum absolute atomic E-state index is 0.0395. The van der Waals surface area contributed by atoms with Crippen molar-refractivity contribution in [1.82, 2.24) is 10.2 Å². The molecule has 0 unspecified atom stereocenters. The highest BCUT2D eigenvalue weighted by molar-refractivity contribution is 6.06. The van der Waals surface area contributed by atoms with E-state index in [9.17, 15) is 14.4 Å². The lowest BCUT2D eigenvalue weighted by atomic mass is 9.98. The molecule has 0 fully saturated rings. The number of alkyl carbamates (subject to hydrolysis) is 1. The molecular formula is C30H36N2O5. The van der Waals surface area contributed by atoms with Gasteiger partial charge in [-0.2, -0.15) is 0 Å². The van der Waals surface area contributed by atoms with E-state index in [1.165, 1.54) is 11.0 Å². The fraction of sp³-hybridized carbons (Fsp3) is 0.433. The van der Waals surface area contributed by atoms with Crippen LogP contribution < -0.4 is 5.32 Å². The Morgan fingerprint density at radius 2 is 1.57 bits per heavy atom.